The molecule has 0 unspecified atom stereocenters. The molecular weight excluding hydrogens is 1030 g/mol. The van der Waals surface area contributed by atoms with Crippen molar-refractivity contribution in [2.75, 3.05) is 0 Å². The lowest BCUT2D eigenvalue weighted by molar-refractivity contribution is 0.0911. The molecule has 0 spiro atoms. The zero-order chi connectivity index (χ0) is 43.7. The second-order valence-corrected chi connectivity index (χ2v) is 19.3. The first-order valence-electron chi connectivity index (χ1n) is 21.5. The van der Waals surface area contributed by atoms with Crippen molar-refractivity contribution in [2.24, 2.45) is 0 Å². The molecule has 2 nitrogen and oxygen atoms in total. The molecule has 2 atom stereocenters. The van der Waals surface area contributed by atoms with E-state index in [1.54, 1.807) is 0 Å². The average molecular weight is 1080 g/mol. The van der Waals surface area contributed by atoms with Crippen LogP contribution in [0, 0.1) is 0 Å². The van der Waals surface area contributed by atoms with Crippen LogP contribution in [0.15, 0.2) is 189 Å². The molecular formula is C56H52Cl2I2O2. The summed E-state index contributed by atoms with van der Waals surface area (Å²) in [5.74, 6) is 1.95. The van der Waals surface area contributed by atoms with Crippen LogP contribution in [-0.4, -0.2) is 0 Å². The predicted octanol–water partition coefficient (Wildman–Crippen LogP) is 18.1. The van der Waals surface area contributed by atoms with Crippen molar-refractivity contribution < 1.29 is 9.47 Å². The quantitative estimate of drug-likeness (QED) is 0.114. The molecule has 0 radical (unpaired) electrons. The predicted molar refractivity (Wildman–Crippen MR) is 280 cm³/mol. The lowest BCUT2D eigenvalue weighted by atomic mass is 9.81. The Morgan fingerprint density at radius 2 is 0.726 bits per heavy atom. The molecule has 8 rings (SSSR count). The Hall–Kier alpha value is -4.08. The van der Waals surface area contributed by atoms with Crippen molar-refractivity contribution in [2.45, 2.75) is 77.4 Å². The van der Waals surface area contributed by atoms with E-state index in [0.717, 1.165) is 116 Å². The Labute approximate surface area is 406 Å². The van der Waals surface area contributed by atoms with E-state index in [9.17, 15) is 0 Å². The van der Waals surface area contributed by atoms with Crippen molar-refractivity contribution >= 4 is 90.7 Å². The SMILES string of the molecule is CCCC/C(I)=C1/O[C@](C)(c2ccccc2Cl)C(c2ccccc2)=C1c1ccccc1.CCCC/C(I)=C1/O[C@](C)(c2ccccc2Cl)C(c2ccccc2)=C1c1ccccc1. The Morgan fingerprint density at radius 1 is 0.435 bits per heavy atom. The fraction of sp³-hybridized carbons (Fsp3) is 0.214. The molecule has 62 heavy (non-hydrogen) atoms. The number of ether oxygens (including phenoxy) is 2. The highest BCUT2D eigenvalue weighted by atomic mass is 127. The van der Waals surface area contributed by atoms with Gasteiger partial charge in [0, 0.05) is 50.6 Å². The molecule has 0 aliphatic carbocycles. The second-order valence-electron chi connectivity index (χ2n) is 15.9. The van der Waals surface area contributed by atoms with Crippen molar-refractivity contribution in [3.8, 4) is 0 Å². The van der Waals surface area contributed by atoms with Gasteiger partial charge in [-0.05, 0) is 119 Å². The van der Waals surface area contributed by atoms with E-state index in [0.29, 0.717) is 0 Å². The summed E-state index contributed by atoms with van der Waals surface area (Å²) in [4.78, 5) is 0. The van der Waals surface area contributed by atoms with Crippen LogP contribution in [0.2, 0.25) is 10.0 Å². The second kappa shape index (κ2) is 21.1. The summed E-state index contributed by atoms with van der Waals surface area (Å²) in [5, 5.41) is 1.44. The van der Waals surface area contributed by atoms with Crippen molar-refractivity contribution in [3.05, 3.63) is 232 Å². The van der Waals surface area contributed by atoms with Crippen molar-refractivity contribution in [1.29, 1.82) is 0 Å². The molecule has 0 bridgehead atoms. The molecule has 0 saturated carbocycles. The van der Waals surface area contributed by atoms with E-state index in [1.165, 1.54) is 7.16 Å². The minimum absolute atomic E-state index is 0.692. The van der Waals surface area contributed by atoms with E-state index in [4.69, 9.17) is 32.7 Å². The van der Waals surface area contributed by atoms with Crippen LogP contribution in [-0.2, 0) is 20.7 Å². The van der Waals surface area contributed by atoms with Gasteiger partial charge in [-0.25, -0.2) is 0 Å². The average Bonchev–Trinajstić information content (AvgIpc) is 3.81. The van der Waals surface area contributed by atoms with Gasteiger partial charge in [-0.2, -0.15) is 0 Å². The smallest absolute Gasteiger partial charge is 0.159 e. The third kappa shape index (κ3) is 9.69. The third-order valence-corrected chi connectivity index (χ3v) is 14.3. The van der Waals surface area contributed by atoms with Gasteiger partial charge in [-0.15, -0.1) is 0 Å². The van der Waals surface area contributed by atoms with Gasteiger partial charge in [0.05, 0.1) is 0 Å². The van der Waals surface area contributed by atoms with Crippen LogP contribution in [0.5, 0.6) is 0 Å². The summed E-state index contributed by atoms with van der Waals surface area (Å²) < 4.78 is 16.3. The maximum absolute atomic E-state index is 6.92. The Morgan fingerprint density at radius 3 is 1.03 bits per heavy atom. The first-order chi connectivity index (χ1) is 30.1. The standard InChI is InChI=1S/2C28H26ClIO/c2*1-3-4-19-24(30)27-25(20-13-7-5-8-14-20)26(21-15-9-6-10-16-21)28(2,31-27)22-17-11-12-18-23(22)29/h2*5-18H,3-4,19H2,1-2H3/b2*27-24-/t2*28-/m11/s1. The van der Waals surface area contributed by atoms with E-state index in [-0.39, 0.29) is 0 Å². The van der Waals surface area contributed by atoms with Crippen molar-refractivity contribution in [1.82, 2.24) is 0 Å². The maximum atomic E-state index is 6.92. The monoisotopic (exact) mass is 1080 g/mol. The number of allylic oxidation sites excluding steroid dienone is 4. The highest BCUT2D eigenvalue weighted by Crippen LogP contribution is 2.58. The number of hydrogen-bond acceptors (Lipinski definition) is 2. The molecule has 0 amide bonds. The molecule has 6 aromatic rings. The number of benzene rings is 6. The minimum Gasteiger partial charge on any atom is -0.477 e. The van der Waals surface area contributed by atoms with Crippen LogP contribution in [0.25, 0.3) is 22.3 Å². The van der Waals surface area contributed by atoms with Crippen molar-refractivity contribution in [3.63, 3.8) is 0 Å². The van der Waals surface area contributed by atoms with Crippen LogP contribution in [0.1, 0.15) is 99.6 Å². The first kappa shape index (κ1) is 45.9. The molecule has 2 heterocycles. The summed E-state index contributed by atoms with van der Waals surface area (Å²) in [6.45, 7) is 8.75. The third-order valence-electron chi connectivity index (χ3n) is 11.5. The summed E-state index contributed by atoms with van der Waals surface area (Å²) in [6.07, 6.45) is 6.58. The summed E-state index contributed by atoms with van der Waals surface area (Å²) in [5.41, 5.74) is 9.86. The van der Waals surface area contributed by atoms with Crippen LogP contribution < -0.4 is 0 Å². The van der Waals surface area contributed by atoms with Gasteiger partial charge in [0.15, 0.2) is 11.2 Å². The first-order valence-corrected chi connectivity index (χ1v) is 24.4. The highest BCUT2D eigenvalue weighted by Gasteiger charge is 2.47. The van der Waals surface area contributed by atoms with Crippen LogP contribution in [0.4, 0.5) is 0 Å². The summed E-state index contributed by atoms with van der Waals surface area (Å²) >= 11 is 18.4. The molecule has 316 valence electrons. The summed E-state index contributed by atoms with van der Waals surface area (Å²) in [7, 11) is 0. The maximum Gasteiger partial charge on any atom is 0.159 e. The number of rotatable bonds is 12. The van der Waals surface area contributed by atoms with Gasteiger partial charge >= 0.3 is 0 Å². The molecule has 0 aromatic heterocycles. The highest BCUT2D eigenvalue weighted by molar-refractivity contribution is 14.1. The zero-order valence-electron chi connectivity index (χ0n) is 35.7. The Kier molecular flexibility index (Phi) is 15.6. The largest absolute Gasteiger partial charge is 0.477 e. The van der Waals surface area contributed by atoms with E-state index in [1.807, 2.05) is 36.4 Å². The normalized spacial score (nSPS) is 20.0. The van der Waals surface area contributed by atoms with E-state index >= 15 is 0 Å². The fourth-order valence-corrected chi connectivity index (χ4v) is 10.6. The summed E-state index contributed by atoms with van der Waals surface area (Å²) in [6, 6.07) is 58.3. The zero-order valence-corrected chi connectivity index (χ0v) is 41.6. The lowest BCUT2D eigenvalue weighted by Crippen LogP contribution is -2.24. The topological polar surface area (TPSA) is 18.5 Å². The number of hydrogen-bond donors (Lipinski definition) is 0. The molecule has 6 aromatic carbocycles. The van der Waals surface area contributed by atoms with Gasteiger partial charge in [0.25, 0.3) is 0 Å². The molecule has 0 fully saturated rings. The van der Waals surface area contributed by atoms with Crippen LogP contribution in [0.3, 0.4) is 0 Å². The Balaban J connectivity index is 0.000000186. The van der Waals surface area contributed by atoms with Gasteiger partial charge < -0.3 is 9.47 Å². The molecule has 0 saturated heterocycles. The molecule has 2 aliphatic heterocycles. The fourth-order valence-electron chi connectivity index (χ4n) is 8.47. The van der Waals surface area contributed by atoms with E-state index < -0.39 is 11.2 Å². The number of halogens is 4. The Bertz CT molecular complexity index is 2420. The van der Waals surface area contributed by atoms with Gasteiger partial charge in [0.2, 0.25) is 0 Å². The van der Waals surface area contributed by atoms with Gasteiger partial charge in [0.1, 0.15) is 11.5 Å². The molecule has 2 aliphatic rings. The van der Waals surface area contributed by atoms with Crippen LogP contribution >= 0.6 is 68.4 Å². The number of unbranched alkanes of at least 4 members (excludes halogenated alkanes) is 2. The van der Waals surface area contributed by atoms with E-state index in [2.05, 4.69) is 206 Å². The minimum atomic E-state index is -0.692. The van der Waals surface area contributed by atoms with Gasteiger partial charge in [-0.1, -0.05) is 208 Å². The van der Waals surface area contributed by atoms with Gasteiger partial charge in [-0.3, -0.25) is 0 Å². The molecule has 6 heteroatoms. The molecule has 0 N–H and O–H groups in total. The lowest BCUT2D eigenvalue weighted by Gasteiger charge is -2.30.